The summed E-state index contributed by atoms with van der Waals surface area (Å²) >= 11 is 1.62. The van der Waals surface area contributed by atoms with Crippen molar-refractivity contribution in [2.75, 3.05) is 38.5 Å². The number of unbranched alkanes of at least 4 members (excludes halogenated alkanes) is 1. The number of fused-ring (bicyclic) bond motifs is 3. The number of piperazine rings is 1. The molecule has 0 unspecified atom stereocenters. The molecule has 226 valence electrons. The van der Waals surface area contributed by atoms with Crippen LogP contribution in [0.25, 0.3) is 28.1 Å². The van der Waals surface area contributed by atoms with Crippen molar-refractivity contribution >= 4 is 45.8 Å². The maximum Gasteiger partial charge on any atom is 0.222 e. The fraction of sp³-hybridized carbons (Fsp3) is 0.333. The molecule has 7 nitrogen and oxygen atoms in total. The molecule has 44 heavy (non-hydrogen) atoms. The van der Waals surface area contributed by atoms with Gasteiger partial charge in [-0.1, -0.05) is 95.7 Å². The second-order valence-electron chi connectivity index (χ2n) is 11.7. The number of nitrogens with zero attached hydrogens (tertiary/aromatic N) is 6. The normalized spacial score (nSPS) is 14.3. The van der Waals surface area contributed by atoms with Crippen LogP contribution in [0.2, 0.25) is 0 Å². The lowest BCUT2D eigenvalue weighted by Gasteiger charge is -2.34. The van der Waals surface area contributed by atoms with Crippen LogP contribution in [-0.4, -0.2) is 73.9 Å². The Hall–Kier alpha value is -4.01. The molecule has 1 fully saturated rings. The van der Waals surface area contributed by atoms with Crippen molar-refractivity contribution in [1.29, 1.82) is 0 Å². The molecule has 8 heteroatoms. The number of aromatic nitrogens is 4. The molecular weight excluding hydrogens is 565 g/mol. The van der Waals surface area contributed by atoms with Crippen LogP contribution in [0.15, 0.2) is 84.0 Å². The minimum Gasteiger partial charge on any atom is -0.340 e. The van der Waals surface area contributed by atoms with Crippen molar-refractivity contribution < 1.29 is 4.79 Å². The molecule has 0 saturated carbocycles. The number of amides is 1. The lowest BCUT2D eigenvalue weighted by molar-refractivity contribution is -0.132. The SMILES string of the molecule is Cc1ccc(Cn2c3ccc(C)cc3c3nnc(SCCCCC(=O)N4CCN(C/C=C/c5ccccc5)CC4)nc32)cc1. The van der Waals surface area contributed by atoms with E-state index in [0.29, 0.717) is 11.6 Å². The van der Waals surface area contributed by atoms with Crippen molar-refractivity contribution in [2.45, 2.75) is 44.8 Å². The van der Waals surface area contributed by atoms with Gasteiger partial charge in [0.1, 0.15) is 5.52 Å². The zero-order chi connectivity index (χ0) is 30.3. The van der Waals surface area contributed by atoms with E-state index in [1.54, 1.807) is 11.8 Å². The number of rotatable bonds is 11. The molecule has 0 atom stereocenters. The van der Waals surface area contributed by atoms with E-state index in [0.717, 1.165) is 79.9 Å². The van der Waals surface area contributed by atoms with Gasteiger partial charge in [-0.05, 0) is 49.9 Å². The third kappa shape index (κ3) is 7.37. The first-order chi connectivity index (χ1) is 21.5. The molecule has 0 radical (unpaired) electrons. The third-order valence-corrected chi connectivity index (χ3v) is 9.20. The van der Waals surface area contributed by atoms with Crippen LogP contribution in [0, 0.1) is 13.8 Å². The zero-order valence-electron chi connectivity index (χ0n) is 25.7. The molecule has 0 aliphatic carbocycles. The Balaban J connectivity index is 0.990. The molecule has 0 bridgehead atoms. The molecule has 1 aliphatic rings. The molecule has 0 spiro atoms. The highest BCUT2D eigenvalue weighted by atomic mass is 32.2. The van der Waals surface area contributed by atoms with Crippen LogP contribution in [0.4, 0.5) is 0 Å². The Morgan fingerprint density at radius 2 is 1.66 bits per heavy atom. The summed E-state index contributed by atoms with van der Waals surface area (Å²) in [7, 11) is 0. The van der Waals surface area contributed by atoms with E-state index in [1.165, 1.54) is 22.3 Å². The highest BCUT2D eigenvalue weighted by Crippen LogP contribution is 2.29. The first kappa shape index (κ1) is 30.0. The lowest BCUT2D eigenvalue weighted by Crippen LogP contribution is -2.48. The van der Waals surface area contributed by atoms with Gasteiger partial charge in [0.2, 0.25) is 11.1 Å². The Labute approximate surface area is 264 Å². The molecule has 3 heterocycles. The van der Waals surface area contributed by atoms with E-state index in [1.807, 2.05) is 11.0 Å². The van der Waals surface area contributed by atoms with Crippen molar-refractivity contribution in [3.8, 4) is 0 Å². The van der Waals surface area contributed by atoms with E-state index < -0.39 is 0 Å². The van der Waals surface area contributed by atoms with Gasteiger partial charge in [0.15, 0.2) is 5.65 Å². The summed E-state index contributed by atoms with van der Waals surface area (Å²) in [6, 6.07) is 25.5. The number of benzene rings is 3. The quantitative estimate of drug-likeness (QED) is 0.123. The highest BCUT2D eigenvalue weighted by molar-refractivity contribution is 7.99. The average molecular weight is 605 g/mol. The molecule has 0 N–H and O–H groups in total. The molecule has 3 aromatic carbocycles. The summed E-state index contributed by atoms with van der Waals surface area (Å²) in [6.07, 6.45) is 6.78. The molecule has 5 aromatic rings. The van der Waals surface area contributed by atoms with Crippen LogP contribution < -0.4 is 0 Å². The first-order valence-corrected chi connectivity index (χ1v) is 16.6. The van der Waals surface area contributed by atoms with Crippen LogP contribution in [-0.2, 0) is 11.3 Å². The summed E-state index contributed by atoms with van der Waals surface area (Å²) in [5.74, 6) is 1.13. The number of hydrogen-bond donors (Lipinski definition) is 0. The van der Waals surface area contributed by atoms with E-state index in [-0.39, 0.29) is 5.91 Å². The van der Waals surface area contributed by atoms with E-state index >= 15 is 0 Å². The van der Waals surface area contributed by atoms with Gasteiger partial charge in [-0.25, -0.2) is 4.98 Å². The standard InChI is InChI=1S/C36H40N6OS/c1-27-13-16-30(17-14-27)26-42-32-18-15-28(2)25-31(32)34-35(42)37-36(39-38-34)44-24-7-6-12-33(43)41-22-20-40(21-23-41)19-8-11-29-9-4-3-5-10-29/h3-5,8-11,13-18,25H,6-7,12,19-24,26H2,1-2H3/b11-8+. The predicted octanol–water partition coefficient (Wildman–Crippen LogP) is 6.76. The third-order valence-electron chi connectivity index (χ3n) is 8.28. The fourth-order valence-corrected chi connectivity index (χ4v) is 6.51. The van der Waals surface area contributed by atoms with Crippen LogP contribution >= 0.6 is 11.8 Å². The monoisotopic (exact) mass is 604 g/mol. The Kier molecular flexibility index (Phi) is 9.68. The number of carbonyl (C=O) groups excluding carboxylic acids is 1. The lowest BCUT2D eigenvalue weighted by atomic mass is 10.1. The number of thioether (sulfide) groups is 1. The summed E-state index contributed by atoms with van der Waals surface area (Å²) in [5, 5.41) is 10.9. The van der Waals surface area contributed by atoms with Crippen molar-refractivity contribution in [1.82, 2.24) is 29.5 Å². The van der Waals surface area contributed by atoms with Crippen LogP contribution in [0.5, 0.6) is 0 Å². The maximum absolute atomic E-state index is 12.8. The summed E-state index contributed by atoms with van der Waals surface area (Å²) < 4.78 is 2.26. The highest BCUT2D eigenvalue weighted by Gasteiger charge is 2.20. The van der Waals surface area contributed by atoms with Gasteiger partial charge in [0.05, 0.1) is 5.52 Å². The van der Waals surface area contributed by atoms with Gasteiger partial charge in [0, 0.05) is 56.8 Å². The molecule has 6 rings (SSSR count). The predicted molar refractivity (Wildman–Crippen MR) is 181 cm³/mol. The number of aryl methyl sites for hydroxylation is 2. The second kappa shape index (κ2) is 14.2. The van der Waals surface area contributed by atoms with Gasteiger partial charge >= 0.3 is 0 Å². The van der Waals surface area contributed by atoms with Crippen molar-refractivity contribution in [3.63, 3.8) is 0 Å². The Bertz CT molecular complexity index is 1740. The van der Waals surface area contributed by atoms with Gasteiger partial charge in [-0.2, -0.15) is 0 Å². The van der Waals surface area contributed by atoms with Crippen molar-refractivity contribution in [3.05, 3.63) is 101 Å². The molecule has 2 aromatic heterocycles. The Morgan fingerprint density at radius 1 is 0.886 bits per heavy atom. The van der Waals surface area contributed by atoms with Crippen LogP contribution in [0.1, 0.15) is 41.5 Å². The largest absolute Gasteiger partial charge is 0.340 e. The summed E-state index contributed by atoms with van der Waals surface area (Å²) in [6.45, 7) is 9.32. The van der Waals surface area contributed by atoms with Crippen LogP contribution in [0.3, 0.4) is 0 Å². The van der Waals surface area contributed by atoms with Gasteiger partial charge in [-0.3, -0.25) is 9.69 Å². The summed E-state index contributed by atoms with van der Waals surface area (Å²) in [5.41, 5.74) is 7.73. The second-order valence-corrected chi connectivity index (χ2v) is 12.7. The smallest absolute Gasteiger partial charge is 0.222 e. The first-order valence-electron chi connectivity index (χ1n) is 15.6. The summed E-state index contributed by atoms with van der Waals surface area (Å²) in [4.78, 5) is 22.3. The van der Waals surface area contributed by atoms with E-state index in [4.69, 9.17) is 4.98 Å². The van der Waals surface area contributed by atoms with Gasteiger partial charge in [-0.15, -0.1) is 10.2 Å². The molecule has 1 amide bonds. The number of hydrogen-bond acceptors (Lipinski definition) is 6. The van der Waals surface area contributed by atoms with E-state index in [2.05, 4.69) is 112 Å². The minimum absolute atomic E-state index is 0.268. The Morgan fingerprint density at radius 3 is 2.45 bits per heavy atom. The van der Waals surface area contributed by atoms with Crippen molar-refractivity contribution in [2.24, 2.45) is 0 Å². The maximum atomic E-state index is 12.8. The molecule has 1 aliphatic heterocycles. The topological polar surface area (TPSA) is 67.2 Å². The van der Waals surface area contributed by atoms with Gasteiger partial charge in [0.25, 0.3) is 0 Å². The van der Waals surface area contributed by atoms with E-state index in [9.17, 15) is 4.79 Å². The molecular formula is C36H40N6OS. The minimum atomic E-state index is 0.268. The number of carbonyl (C=O) groups is 1. The zero-order valence-corrected chi connectivity index (χ0v) is 26.5. The van der Waals surface area contributed by atoms with Gasteiger partial charge < -0.3 is 9.47 Å². The fourth-order valence-electron chi connectivity index (χ4n) is 5.73. The molecule has 1 saturated heterocycles. The average Bonchev–Trinajstić information content (AvgIpc) is 3.34.